The first-order valence-corrected chi connectivity index (χ1v) is 9.07. The quantitative estimate of drug-likeness (QED) is 0.371. The van der Waals surface area contributed by atoms with E-state index < -0.39 is 0 Å². The topological polar surface area (TPSA) is 54.9 Å². The molecule has 1 saturated carbocycles. The van der Waals surface area contributed by atoms with Gasteiger partial charge in [-0.05, 0) is 56.7 Å². The number of hydrogen-bond donors (Lipinski definition) is 2. The number of benzene rings is 1. The van der Waals surface area contributed by atoms with Gasteiger partial charge in [0.25, 0.3) is 0 Å². The lowest BCUT2D eigenvalue weighted by molar-refractivity contribution is 0.123. The van der Waals surface area contributed by atoms with Crippen molar-refractivity contribution in [1.29, 1.82) is 0 Å². The summed E-state index contributed by atoms with van der Waals surface area (Å²) in [5, 5.41) is 6.55. The molecule has 1 aliphatic carbocycles. The molecule has 0 aromatic heterocycles. The Hall–Kier alpha value is -1.75. The third-order valence-electron chi connectivity index (χ3n) is 3.76. The normalized spacial score (nSPS) is 14.5. The average molecular weight is 333 g/mol. The molecule has 0 spiro atoms. The molecule has 0 atom stereocenters. The van der Waals surface area contributed by atoms with Crippen molar-refractivity contribution in [2.24, 2.45) is 10.9 Å². The molecule has 2 rings (SSSR count). The molecule has 2 N–H and O–H groups in total. The van der Waals surface area contributed by atoms with Gasteiger partial charge in [-0.15, -0.1) is 0 Å². The van der Waals surface area contributed by atoms with Gasteiger partial charge in [0.05, 0.1) is 6.54 Å². The van der Waals surface area contributed by atoms with Crippen LogP contribution in [0.2, 0.25) is 0 Å². The molecule has 0 radical (unpaired) electrons. The van der Waals surface area contributed by atoms with E-state index in [-0.39, 0.29) is 0 Å². The molecule has 0 aliphatic heterocycles. The molecule has 5 nitrogen and oxygen atoms in total. The van der Waals surface area contributed by atoms with E-state index in [1.165, 1.54) is 18.4 Å². The SMILES string of the molecule is CCNC(=NCCCOCC1CC1)NCCOc1cccc(C)c1. The monoisotopic (exact) mass is 333 g/mol. The number of nitrogens with one attached hydrogen (secondary N) is 2. The first-order chi connectivity index (χ1) is 11.8. The van der Waals surface area contributed by atoms with Crippen LogP contribution in [-0.4, -0.2) is 45.4 Å². The van der Waals surface area contributed by atoms with Gasteiger partial charge in [0.2, 0.25) is 0 Å². The smallest absolute Gasteiger partial charge is 0.191 e. The Bertz CT molecular complexity index is 501. The number of ether oxygens (including phenoxy) is 2. The van der Waals surface area contributed by atoms with E-state index in [0.29, 0.717) is 6.61 Å². The maximum Gasteiger partial charge on any atom is 0.191 e. The maximum atomic E-state index is 5.74. The van der Waals surface area contributed by atoms with Crippen molar-refractivity contribution in [1.82, 2.24) is 10.6 Å². The van der Waals surface area contributed by atoms with E-state index in [2.05, 4.69) is 35.5 Å². The number of guanidine groups is 1. The van der Waals surface area contributed by atoms with Crippen LogP contribution in [0.4, 0.5) is 0 Å². The van der Waals surface area contributed by atoms with Crippen LogP contribution in [0.3, 0.4) is 0 Å². The fourth-order valence-electron chi connectivity index (χ4n) is 2.28. The second-order valence-electron chi connectivity index (χ2n) is 6.22. The summed E-state index contributed by atoms with van der Waals surface area (Å²) < 4.78 is 11.4. The second kappa shape index (κ2) is 10.9. The lowest BCUT2D eigenvalue weighted by atomic mass is 10.2. The van der Waals surface area contributed by atoms with Crippen LogP contribution < -0.4 is 15.4 Å². The van der Waals surface area contributed by atoms with Crippen LogP contribution in [-0.2, 0) is 4.74 Å². The Morgan fingerprint density at radius 1 is 1.25 bits per heavy atom. The van der Waals surface area contributed by atoms with E-state index in [1.54, 1.807) is 0 Å². The van der Waals surface area contributed by atoms with Crippen LogP contribution in [0.15, 0.2) is 29.3 Å². The van der Waals surface area contributed by atoms with Gasteiger partial charge in [0.1, 0.15) is 12.4 Å². The Morgan fingerprint density at radius 3 is 2.88 bits per heavy atom. The third-order valence-corrected chi connectivity index (χ3v) is 3.76. The Balaban J connectivity index is 1.57. The van der Waals surface area contributed by atoms with Gasteiger partial charge in [0.15, 0.2) is 5.96 Å². The summed E-state index contributed by atoms with van der Waals surface area (Å²) in [5.41, 5.74) is 1.21. The van der Waals surface area contributed by atoms with Gasteiger partial charge in [-0.2, -0.15) is 0 Å². The molecule has 134 valence electrons. The van der Waals surface area contributed by atoms with Crippen molar-refractivity contribution in [3.05, 3.63) is 29.8 Å². The molecule has 24 heavy (non-hydrogen) atoms. The first-order valence-electron chi connectivity index (χ1n) is 9.07. The number of nitrogens with zero attached hydrogens (tertiary/aromatic N) is 1. The average Bonchev–Trinajstić information content (AvgIpc) is 3.39. The molecule has 0 bridgehead atoms. The van der Waals surface area contributed by atoms with Gasteiger partial charge in [-0.1, -0.05) is 12.1 Å². The van der Waals surface area contributed by atoms with Crippen molar-refractivity contribution in [2.45, 2.75) is 33.1 Å². The van der Waals surface area contributed by atoms with Crippen molar-refractivity contribution in [2.75, 3.05) is 39.5 Å². The fraction of sp³-hybridized carbons (Fsp3) is 0.632. The minimum atomic E-state index is 0.609. The lowest BCUT2D eigenvalue weighted by Crippen LogP contribution is -2.39. The summed E-state index contributed by atoms with van der Waals surface area (Å²) in [6, 6.07) is 8.10. The highest BCUT2D eigenvalue weighted by molar-refractivity contribution is 5.79. The van der Waals surface area contributed by atoms with Crippen LogP contribution in [0.1, 0.15) is 31.7 Å². The zero-order valence-electron chi connectivity index (χ0n) is 15.0. The molecule has 1 aliphatic rings. The third kappa shape index (κ3) is 8.20. The van der Waals surface area contributed by atoms with Crippen LogP contribution in [0.25, 0.3) is 0 Å². The lowest BCUT2D eigenvalue weighted by Gasteiger charge is -2.12. The van der Waals surface area contributed by atoms with Crippen molar-refractivity contribution < 1.29 is 9.47 Å². The number of aryl methyl sites for hydroxylation is 1. The number of rotatable bonds is 11. The summed E-state index contributed by atoms with van der Waals surface area (Å²) in [7, 11) is 0. The largest absolute Gasteiger partial charge is 0.492 e. The van der Waals surface area contributed by atoms with Crippen LogP contribution in [0.5, 0.6) is 5.75 Å². The van der Waals surface area contributed by atoms with Crippen molar-refractivity contribution in [3.63, 3.8) is 0 Å². The molecule has 0 heterocycles. The van der Waals surface area contributed by atoms with Gasteiger partial charge < -0.3 is 20.1 Å². The molecular weight excluding hydrogens is 302 g/mol. The Morgan fingerprint density at radius 2 is 2.12 bits per heavy atom. The molecule has 1 aromatic carbocycles. The maximum absolute atomic E-state index is 5.74. The molecule has 0 saturated heterocycles. The highest BCUT2D eigenvalue weighted by Crippen LogP contribution is 2.28. The van der Waals surface area contributed by atoms with Gasteiger partial charge in [0, 0.05) is 26.3 Å². The highest BCUT2D eigenvalue weighted by Gasteiger charge is 2.20. The summed E-state index contributed by atoms with van der Waals surface area (Å²) >= 11 is 0. The molecule has 0 amide bonds. The summed E-state index contributed by atoms with van der Waals surface area (Å²) in [5.74, 6) is 2.58. The second-order valence-corrected chi connectivity index (χ2v) is 6.22. The summed E-state index contributed by atoms with van der Waals surface area (Å²) in [4.78, 5) is 4.56. The number of aliphatic imine (C=N–C) groups is 1. The van der Waals surface area contributed by atoms with E-state index in [1.807, 2.05) is 18.2 Å². The van der Waals surface area contributed by atoms with E-state index >= 15 is 0 Å². The summed E-state index contributed by atoms with van der Waals surface area (Å²) in [6.07, 6.45) is 3.65. The van der Waals surface area contributed by atoms with E-state index in [4.69, 9.17) is 9.47 Å². The minimum Gasteiger partial charge on any atom is -0.492 e. The van der Waals surface area contributed by atoms with Gasteiger partial charge in [-0.3, -0.25) is 4.99 Å². The zero-order valence-corrected chi connectivity index (χ0v) is 15.0. The fourth-order valence-corrected chi connectivity index (χ4v) is 2.28. The molecule has 1 aromatic rings. The van der Waals surface area contributed by atoms with Crippen LogP contribution >= 0.6 is 0 Å². The zero-order chi connectivity index (χ0) is 17.0. The Kier molecular flexibility index (Phi) is 8.46. The van der Waals surface area contributed by atoms with Crippen LogP contribution in [0, 0.1) is 12.8 Å². The molecule has 0 unspecified atom stereocenters. The van der Waals surface area contributed by atoms with Crippen molar-refractivity contribution >= 4 is 5.96 Å². The molecule has 1 fully saturated rings. The number of hydrogen-bond acceptors (Lipinski definition) is 3. The van der Waals surface area contributed by atoms with Gasteiger partial charge >= 0.3 is 0 Å². The van der Waals surface area contributed by atoms with E-state index in [9.17, 15) is 0 Å². The molecular formula is C19H31N3O2. The standard InChI is InChI=1S/C19H31N3O2/c1-3-20-19(21-10-5-12-23-15-17-8-9-17)22-11-13-24-18-7-4-6-16(2)14-18/h4,6-7,14,17H,3,5,8-13,15H2,1-2H3,(H2,20,21,22). The first kappa shape index (κ1) is 18.6. The summed E-state index contributed by atoms with van der Waals surface area (Å²) in [6.45, 7) is 8.82. The van der Waals surface area contributed by atoms with Crippen molar-refractivity contribution in [3.8, 4) is 5.75 Å². The minimum absolute atomic E-state index is 0.609. The van der Waals surface area contributed by atoms with Gasteiger partial charge in [-0.25, -0.2) is 0 Å². The highest BCUT2D eigenvalue weighted by atomic mass is 16.5. The molecule has 5 heteroatoms. The Labute approximate surface area is 145 Å². The van der Waals surface area contributed by atoms with E-state index in [0.717, 1.165) is 56.9 Å². The predicted octanol–water partition coefficient (Wildman–Crippen LogP) is 2.75. The predicted molar refractivity (Wildman–Crippen MR) is 98.8 cm³/mol.